The van der Waals surface area contributed by atoms with Crippen LogP contribution in [0.15, 0.2) is 29.8 Å². The Hall–Kier alpha value is -3.62. The average Bonchev–Trinajstić information content (AvgIpc) is 3.19. The summed E-state index contributed by atoms with van der Waals surface area (Å²) in [4.78, 5) is 39.5. The first kappa shape index (κ1) is 22.6. The van der Waals surface area contributed by atoms with Crippen molar-refractivity contribution in [2.75, 3.05) is 25.6 Å². The maximum Gasteiger partial charge on any atom is 0.316 e. The number of ketones is 1. The van der Waals surface area contributed by atoms with Crippen LogP contribution in [-0.4, -0.2) is 48.2 Å². The van der Waals surface area contributed by atoms with Gasteiger partial charge in [-0.05, 0) is 50.5 Å². The molecule has 4 rings (SSSR count). The summed E-state index contributed by atoms with van der Waals surface area (Å²) in [6.07, 6.45) is -0.00523. The van der Waals surface area contributed by atoms with Crippen LogP contribution in [0.1, 0.15) is 43.1 Å². The molecule has 2 heterocycles. The van der Waals surface area contributed by atoms with E-state index in [1.54, 1.807) is 33.1 Å². The Morgan fingerprint density at radius 2 is 1.67 bits per heavy atom. The molecular formula is C24H27N3O6. The lowest BCUT2D eigenvalue weighted by Crippen LogP contribution is -2.41. The van der Waals surface area contributed by atoms with Crippen molar-refractivity contribution in [3.63, 3.8) is 0 Å². The Morgan fingerprint density at radius 3 is 2.27 bits per heavy atom. The van der Waals surface area contributed by atoms with Crippen molar-refractivity contribution in [2.24, 2.45) is 11.8 Å². The van der Waals surface area contributed by atoms with Gasteiger partial charge in [0.25, 0.3) is 0 Å². The molecule has 2 N–H and O–H groups in total. The Bertz CT molecular complexity index is 1120. The number of benzene rings is 1. The topological polar surface area (TPSA) is 120 Å². The number of aromatic nitrogens is 2. The maximum absolute atomic E-state index is 13.7. The van der Waals surface area contributed by atoms with E-state index in [0.29, 0.717) is 28.3 Å². The fraction of sp³-hybridized carbons (Fsp3) is 0.417. The lowest BCUT2D eigenvalue weighted by atomic mass is 9.69. The van der Waals surface area contributed by atoms with Gasteiger partial charge in [0.2, 0.25) is 0 Å². The van der Waals surface area contributed by atoms with E-state index in [0.717, 1.165) is 11.3 Å². The highest BCUT2D eigenvalue weighted by Gasteiger charge is 2.49. The fourth-order valence-corrected chi connectivity index (χ4v) is 4.60. The van der Waals surface area contributed by atoms with Crippen molar-refractivity contribution in [2.45, 2.75) is 33.2 Å². The smallest absolute Gasteiger partial charge is 0.316 e. The summed E-state index contributed by atoms with van der Waals surface area (Å²) in [7, 11) is 1.58. The Balaban J connectivity index is 1.92. The third-order valence-corrected chi connectivity index (χ3v) is 6.07. The van der Waals surface area contributed by atoms with Gasteiger partial charge in [0.05, 0.1) is 32.3 Å². The second-order valence-electron chi connectivity index (χ2n) is 7.96. The SMILES string of the molecule is CCOC(=O)C1CC(C(=O)OCC)C2=C(C1=O)C(c1ccc(OC)cc1)Nc1n[nH]c(C)c12. The Kier molecular flexibility index (Phi) is 6.22. The van der Waals surface area contributed by atoms with Crippen LogP contribution in [0.3, 0.4) is 0 Å². The van der Waals surface area contributed by atoms with Crippen molar-refractivity contribution in [1.29, 1.82) is 0 Å². The molecule has 3 unspecified atom stereocenters. The van der Waals surface area contributed by atoms with E-state index in [2.05, 4.69) is 15.5 Å². The molecule has 0 saturated heterocycles. The van der Waals surface area contributed by atoms with Gasteiger partial charge >= 0.3 is 11.9 Å². The highest BCUT2D eigenvalue weighted by atomic mass is 16.5. The van der Waals surface area contributed by atoms with E-state index in [1.807, 2.05) is 19.1 Å². The largest absolute Gasteiger partial charge is 0.497 e. The molecule has 33 heavy (non-hydrogen) atoms. The zero-order valence-corrected chi connectivity index (χ0v) is 19.1. The predicted octanol–water partition coefficient (Wildman–Crippen LogP) is 2.98. The second-order valence-corrected chi connectivity index (χ2v) is 7.96. The number of rotatable bonds is 6. The first-order chi connectivity index (χ1) is 15.9. The van der Waals surface area contributed by atoms with Crippen molar-refractivity contribution < 1.29 is 28.6 Å². The molecule has 9 heteroatoms. The number of aryl methyl sites for hydroxylation is 1. The molecule has 0 amide bonds. The lowest BCUT2D eigenvalue weighted by Gasteiger charge is -2.37. The highest BCUT2D eigenvalue weighted by molar-refractivity contribution is 6.18. The molecule has 1 aliphatic carbocycles. The number of fused-ring (bicyclic) bond motifs is 2. The molecule has 2 aromatic rings. The van der Waals surface area contributed by atoms with Crippen LogP contribution in [0.4, 0.5) is 5.82 Å². The number of esters is 2. The summed E-state index contributed by atoms with van der Waals surface area (Å²) < 4.78 is 15.8. The first-order valence-corrected chi connectivity index (χ1v) is 11.0. The van der Waals surface area contributed by atoms with E-state index in [-0.39, 0.29) is 25.4 Å². The summed E-state index contributed by atoms with van der Waals surface area (Å²) in [6, 6.07) is 6.66. The molecule has 1 aromatic heterocycles. The zero-order chi connectivity index (χ0) is 23.7. The number of anilines is 1. The number of aromatic amines is 1. The molecule has 0 fully saturated rings. The van der Waals surface area contributed by atoms with Gasteiger partial charge in [-0.3, -0.25) is 19.5 Å². The van der Waals surface area contributed by atoms with Crippen LogP contribution in [-0.2, 0) is 23.9 Å². The van der Waals surface area contributed by atoms with E-state index in [4.69, 9.17) is 14.2 Å². The van der Waals surface area contributed by atoms with Gasteiger partial charge in [-0.25, -0.2) is 0 Å². The number of nitrogens with zero attached hydrogens (tertiary/aromatic N) is 1. The van der Waals surface area contributed by atoms with Crippen LogP contribution < -0.4 is 10.1 Å². The second kappa shape index (κ2) is 9.09. The highest BCUT2D eigenvalue weighted by Crippen LogP contribution is 2.50. The van der Waals surface area contributed by atoms with Gasteiger partial charge in [0, 0.05) is 16.8 Å². The van der Waals surface area contributed by atoms with Crippen LogP contribution in [0.2, 0.25) is 0 Å². The molecule has 174 valence electrons. The van der Waals surface area contributed by atoms with E-state index < -0.39 is 29.8 Å². The summed E-state index contributed by atoms with van der Waals surface area (Å²) in [5.41, 5.74) is 3.08. The molecule has 0 bridgehead atoms. The van der Waals surface area contributed by atoms with Gasteiger partial charge in [0.15, 0.2) is 11.6 Å². The van der Waals surface area contributed by atoms with E-state index >= 15 is 0 Å². The summed E-state index contributed by atoms with van der Waals surface area (Å²) in [6.45, 7) is 5.57. The Labute approximate surface area is 191 Å². The number of ether oxygens (including phenoxy) is 3. The van der Waals surface area contributed by atoms with E-state index in [9.17, 15) is 14.4 Å². The summed E-state index contributed by atoms with van der Waals surface area (Å²) in [5, 5.41) is 10.6. The molecule has 0 spiro atoms. The average molecular weight is 453 g/mol. The third-order valence-electron chi connectivity index (χ3n) is 6.07. The van der Waals surface area contributed by atoms with Gasteiger partial charge in [-0.1, -0.05) is 12.1 Å². The minimum atomic E-state index is -1.09. The van der Waals surface area contributed by atoms with Crippen molar-refractivity contribution in [3.8, 4) is 5.75 Å². The normalized spacial score (nSPS) is 21.6. The predicted molar refractivity (Wildman–Crippen MR) is 119 cm³/mol. The van der Waals surface area contributed by atoms with Crippen molar-refractivity contribution >= 4 is 29.1 Å². The van der Waals surface area contributed by atoms with Crippen LogP contribution >= 0.6 is 0 Å². The van der Waals surface area contributed by atoms with Gasteiger partial charge in [-0.2, -0.15) is 5.10 Å². The summed E-state index contributed by atoms with van der Waals surface area (Å²) >= 11 is 0. The van der Waals surface area contributed by atoms with E-state index in [1.165, 1.54) is 0 Å². The Morgan fingerprint density at radius 1 is 1.03 bits per heavy atom. The molecular weight excluding hydrogens is 426 g/mol. The molecule has 3 atom stereocenters. The van der Waals surface area contributed by atoms with Gasteiger partial charge in [-0.15, -0.1) is 0 Å². The molecule has 1 aromatic carbocycles. The number of Topliss-reactive ketones (excluding diaryl/α,β-unsaturated/α-hetero) is 1. The molecule has 0 saturated carbocycles. The number of carbonyl (C=O) groups is 3. The van der Waals surface area contributed by atoms with Crippen LogP contribution in [0.5, 0.6) is 5.75 Å². The van der Waals surface area contributed by atoms with Crippen molar-refractivity contribution in [1.82, 2.24) is 10.2 Å². The molecule has 9 nitrogen and oxygen atoms in total. The number of hydrogen-bond donors (Lipinski definition) is 2. The minimum absolute atomic E-state index is 0.00523. The molecule has 0 radical (unpaired) electrons. The fourth-order valence-electron chi connectivity index (χ4n) is 4.60. The van der Waals surface area contributed by atoms with Crippen LogP contribution in [0, 0.1) is 18.8 Å². The monoisotopic (exact) mass is 453 g/mol. The van der Waals surface area contributed by atoms with Crippen LogP contribution in [0.25, 0.3) is 5.57 Å². The van der Waals surface area contributed by atoms with Gasteiger partial charge < -0.3 is 19.5 Å². The molecule has 2 aliphatic rings. The number of methoxy groups -OCH3 is 1. The first-order valence-electron chi connectivity index (χ1n) is 11.0. The lowest BCUT2D eigenvalue weighted by molar-refractivity contribution is -0.153. The number of H-pyrrole nitrogens is 1. The van der Waals surface area contributed by atoms with Gasteiger partial charge in [0.1, 0.15) is 11.7 Å². The summed E-state index contributed by atoms with van der Waals surface area (Å²) in [5.74, 6) is -2.14. The quantitative estimate of drug-likeness (QED) is 0.506. The zero-order valence-electron chi connectivity index (χ0n) is 19.1. The maximum atomic E-state index is 13.7. The standard InChI is InChI=1S/C24H27N3O6/c1-5-32-23(29)15-11-16(24(30)33-6-2)21(28)19-18(15)17-12(3)26-27-22(17)25-20(19)13-7-9-14(31-4)10-8-13/h7-10,15-16,20H,5-6,11H2,1-4H3,(H2,25,26,27). The number of hydrogen-bond acceptors (Lipinski definition) is 8. The number of nitrogens with one attached hydrogen (secondary N) is 2. The minimum Gasteiger partial charge on any atom is -0.497 e. The van der Waals surface area contributed by atoms with Crippen molar-refractivity contribution in [3.05, 3.63) is 46.7 Å². The molecule has 1 aliphatic heterocycles. The third kappa shape index (κ3) is 3.88. The number of carbonyl (C=O) groups excluding carboxylic acids is 3.